The lowest BCUT2D eigenvalue weighted by molar-refractivity contribution is 0.0946. The van der Waals surface area contributed by atoms with Crippen LogP contribution >= 0.6 is 0 Å². The van der Waals surface area contributed by atoms with E-state index in [1.54, 1.807) is 0 Å². The Morgan fingerprint density at radius 2 is 1.95 bits per heavy atom. The van der Waals surface area contributed by atoms with Gasteiger partial charge in [0, 0.05) is 28.6 Å². The van der Waals surface area contributed by atoms with E-state index in [0.29, 0.717) is 11.7 Å². The van der Waals surface area contributed by atoms with Crippen molar-refractivity contribution in [3.63, 3.8) is 0 Å². The Bertz CT molecular complexity index is 712. The van der Waals surface area contributed by atoms with Crippen molar-refractivity contribution in [3.05, 3.63) is 35.5 Å². The molecule has 1 aromatic carbocycles. The lowest BCUT2D eigenvalue weighted by atomic mass is 9.96. The van der Waals surface area contributed by atoms with Gasteiger partial charge in [0.05, 0.1) is 0 Å². The number of hydrogen-bond donors (Lipinski definition) is 1. The van der Waals surface area contributed by atoms with Crippen molar-refractivity contribution in [1.29, 1.82) is 0 Å². The van der Waals surface area contributed by atoms with Gasteiger partial charge < -0.3 is 4.98 Å². The summed E-state index contributed by atoms with van der Waals surface area (Å²) < 4.78 is 0. The zero-order chi connectivity index (χ0) is 13.4. The molecule has 1 heterocycles. The molecule has 1 N–H and O–H groups in total. The van der Waals surface area contributed by atoms with Crippen LogP contribution in [-0.4, -0.2) is 10.8 Å². The fourth-order valence-electron chi connectivity index (χ4n) is 5.30. The lowest BCUT2D eigenvalue weighted by Gasteiger charge is -2.07. The fourth-order valence-corrected chi connectivity index (χ4v) is 5.30. The van der Waals surface area contributed by atoms with Crippen molar-refractivity contribution < 1.29 is 4.79 Å². The minimum Gasteiger partial charge on any atom is -0.360 e. The van der Waals surface area contributed by atoms with E-state index in [1.807, 2.05) is 6.20 Å². The summed E-state index contributed by atoms with van der Waals surface area (Å²) >= 11 is 0. The number of rotatable bonds is 2. The second-order valence-electron chi connectivity index (χ2n) is 7.13. The summed E-state index contributed by atoms with van der Waals surface area (Å²) in [6, 6.07) is 6.33. The minimum atomic E-state index is 0.349. The number of aryl methyl sites for hydroxylation is 1. The highest BCUT2D eigenvalue weighted by Gasteiger charge is 2.67. The van der Waals surface area contributed by atoms with Crippen LogP contribution in [0.25, 0.3) is 10.9 Å². The van der Waals surface area contributed by atoms with E-state index in [9.17, 15) is 4.79 Å². The van der Waals surface area contributed by atoms with Crippen LogP contribution < -0.4 is 0 Å². The van der Waals surface area contributed by atoms with Crippen LogP contribution in [0.2, 0.25) is 0 Å². The molecule has 2 bridgehead atoms. The molecule has 3 aliphatic carbocycles. The topological polar surface area (TPSA) is 32.9 Å². The predicted octanol–water partition coefficient (Wildman–Crippen LogP) is 3.95. The molecule has 2 heteroatoms. The molecular formula is C18H19NO. The molecule has 3 aliphatic rings. The quantitative estimate of drug-likeness (QED) is 0.819. The number of aromatic nitrogens is 1. The molecule has 5 rings (SSSR count). The van der Waals surface area contributed by atoms with Gasteiger partial charge in [-0.15, -0.1) is 0 Å². The van der Waals surface area contributed by atoms with Gasteiger partial charge in [0.2, 0.25) is 0 Å². The molecule has 0 radical (unpaired) electrons. The molecule has 0 spiro atoms. The number of benzene rings is 1. The molecule has 20 heavy (non-hydrogen) atoms. The van der Waals surface area contributed by atoms with Crippen molar-refractivity contribution in [2.75, 3.05) is 0 Å². The Hall–Kier alpha value is -1.57. The van der Waals surface area contributed by atoms with Crippen molar-refractivity contribution >= 4 is 16.7 Å². The normalized spacial score (nSPS) is 37.4. The van der Waals surface area contributed by atoms with Crippen LogP contribution in [-0.2, 0) is 0 Å². The van der Waals surface area contributed by atoms with Gasteiger partial charge in [-0.3, -0.25) is 4.79 Å². The van der Waals surface area contributed by atoms with Crippen LogP contribution in [0.4, 0.5) is 0 Å². The maximum atomic E-state index is 12.9. The van der Waals surface area contributed by atoms with Gasteiger partial charge >= 0.3 is 0 Å². The average Bonchev–Trinajstić information content (AvgIpc) is 2.80. The SMILES string of the molecule is Cc1ccc2c(C(=O)C3C4C5CCC(C5)C34)c[nH]c2c1. The first-order chi connectivity index (χ1) is 9.74. The molecular weight excluding hydrogens is 246 g/mol. The molecule has 4 atom stereocenters. The Kier molecular flexibility index (Phi) is 1.97. The summed E-state index contributed by atoms with van der Waals surface area (Å²) in [5.41, 5.74) is 3.26. The number of aromatic amines is 1. The van der Waals surface area contributed by atoms with Gasteiger partial charge in [-0.05, 0) is 61.5 Å². The molecule has 3 fully saturated rings. The monoisotopic (exact) mass is 265 g/mol. The third-order valence-corrected chi connectivity index (χ3v) is 6.14. The molecule has 1 aromatic heterocycles. The van der Waals surface area contributed by atoms with Crippen molar-refractivity contribution in [1.82, 2.24) is 4.98 Å². The van der Waals surface area contributed by atoms with Gasteiger partial charge in [0.15, 0.2) is 5.78 Å². The number of carbonyl (C=O) groups is 1. The fraction of sp³-hybridized carbons (Fsp3) is 0.500. The van der Waals surface area contributed by atoms with Gasteiger partial charge in [-0.2, -0.15) is 0 Å². The molecule has 4 unspecified atom stereocenters. The lowest BCUT2D eigenvalue weighted by Crippen LogP contribution is -2.09. The minimum absolute atomic E-state index is 0.349. The van der Waals surface area contributed by atoms with Crippen molar-refractivity contribution in [2.24, 2.45) is 29.6 Å². The first-order valence-corrected chi connectivity index (χ1v) is 7.86. The third kappa shape index (κ3) is 1.27. The maximum absolute atomic E-state index is 12.9. The molecule has 0 saturated heterocycles. The number of hydrogen-bond acceptors (Lipinski definition) is 1. The van der Waals surface area contributed by atoms with Crippen LogP contribution in [0, 0.1) is 36.5 Å². The molecule has 2 nitrogen and oxygen atoms in total. The van der Waals surface area contributed by atoms with Gasteiger partial charge in [0.25, 0.3) is 0 Å². The van der Waals surface area contributed by atoms with Gasteiger partial charge in [-0.25, -0.2) is 0 Å². The van der Waals surface area contributed by atoms with E-state index in [0.717, 1.165) is 40.1 Å². The van der Waals surface area contributed by atoms with E-state index in [-0.39, 0.29) is 0 Å². The number of fused-ring (bicyclic) bond motifs is 6. The summed E-state index contributed by atoms with van der Waals surface area (Å²) in [5, 5.41) is 1.11. The van der Waals surface area contributed by atoms with Crippen LogP contribution in [0.3, 0.4) is 0 Å². The number of ketones is 1. The largest absolute Gasteiger partial charge is 0.360 e. The second kappa shape index (κ2) is 3.55. The summed E-state index contributed by atoms with van der Waals surface area (Å²) in [5.74, 6) is 3.96. The van der Waals surface area contributed by atoms with Crippen molar-refractivity contribution in [3.8, 4) is 0 Å². The zero-order valence-corrected chi connectivity index (χ0v) is 11.7. The zero-order valence-electron chi connectivity index (χ0n) is 11.7. The number of Topliss-reactive ketones (excluding diaryl/α,β-unsaturated/α-hetero) is 1. The smallest absolute Gasteiger partial charge is 0.168 e. The standard InChI is InChI=1S/C18H19NO/c1-9-2-5-12-13(8-19-14(12)6-9)18(20)17-15-10-3-4-11(7-10)16(15)17/h2,5-6,8,10-11,15-17,19H,3-4,7H2,1H3. The van der Waals surface area contributed by atoms with Crippen LogP contribution in [0.15, 0.2) is 24.4 Å². The number of H-pyrrole nitrogens is 1. The molecule has 0 amide bonds. The molecule has 3 saturated carbocycles. The highest BCUT2D eigenvalue weighted by molar-refractivity contribution is 6.10. The molecule has 102 valence electrons. The Labute approximate surface area is 118 Å². The van der Waals surface area contributed by atoms with Crippen molar-refractivity contribution in [2.45, 2.75) is 26.2 Å². The summed E-state index contributed by atoms with van der Waals surface area (Å²) in [6.45, 7) is 2.09. The Morgan fingerprint density at radius 1 is 1.20 bits per heavy atom. The van der Waals surface area contributed by atoms with E-state index < -0.39 is 0 Å². The second-order valence-corrected chi connectivity index (χ2v) is 7.13. The summed E-state index contributed by atoms with van der Waals surface area (Å²) in [7, 11) is 0. The summed E-state index contributed by atoms with van der Waals surface area (Å²) in [6.07, 6.45) is 6.10. The summed E-state index contributed by atoms with van der Waals surface area (Å²) in [4.78, 5) is 16.2. The molecule has 0 aliphatic heterocycles. The van der Waals surface area contributed by atoms with Gasteiger partial charge in [0.1, 0.15) is 0 Å². The highest BCUT2D eigenvalue weighted by atomic mass is 16.1. The van der Waals surface area contributed by atoms with Gasteiger partial charge in [-0.1, -0.05) is 12.1 Å². The third-order valence-electron chi connectivity index (χ3n) is 6.14. The van der Waals surface area contributed by atoms with E-state index in [1.165, 1.54) is 24.8 Å². The number of carbonyl (C=O) groups excluding carboxylic acids is 1. The van der Waals surface area contributed by atoms with E-state index in [4.69, 9.17) is 0 Å². The first-order valence-electron chi connectivity index (χ1n) is 7.86. The predicted molar refractivity (Wildman–Crippen MR) is 78.7 cm³/mol. The van der Waals surface area contributed by atoms with E-state index in [2.05, 4.69) is 30.1 Å². The highest BCUT2D eigenvalue weighted by Crippen LogP contribution is 2.70. The Morgan fingerprint density at radius 3 is 2.70 bits per heavy atom. The number of nitrogens with one attached hydrogen (secondary N) is 1. The Balaban J connectivity index is 1.52. The first kappa shape index (κ1) is 11.1. The maximum Gasteiger partial charge on any atom is 0.168 e. The van der Waals surface area contributed by atoms with Crippen LogP contribution in [0.1, 0.15) is 35.2 Å². The molecule has 2 aromatic rings. The van der Waals surface area contributed by atoms with E-state index >= 15 is 0 Å². The average molecular weight is 265 g/mol. The van der Waals surface area contributed by atoms with Crippen LogP contribution in [0.5, 0.6) is 0 Å².